The van der Waals surface area contributed by atoms with Crippen molar-refractivity contribution in [2.45, 2.75) is 52.7 Å². The monoisotopic (exact) mass is 452 g/mol. The van der Waals surface area contributed by atoms with Gasteiger partial charge in [0.2, 0.25) is 5.88 Å². The van der Waals surface area contributed by atoms with E-state index in [-0.39, 0.29) is 13.0 Å². The van der Waals surface area contributed by atoms with Crippen molar-refractivity contribution in [3.63, 3.8) is 0 Å². The molecule has 0 radical (unpaired) electrons. The van der Waals surface area contributed by atoms with Crippen molar-refractivity contribution in [2.75, 3.05) is 6.61 Å². The summed E-state index contributed by atoms with van der Waals surface area (Å²) in [5, 5.41) is 4.33. The maximum atomic E-state index is 12.4. The van der Waals surface area contributed by atoms with Gasteiger partial charge in [-0.15, -0.1) is 0 Å². The number of hydrogen-bond donors (Lipinski definition) is 1. The average molecular weight is 453 g/mol. The molecule has 3 heterocycles. The lowest BCUT2D eigenvalue weighted by Crippen LogP contribution is -2.45. The fourth-order valence-electron chi connectivity index (χ4n) is 3.06. The highest BCUT2D eigenvalue weighted by Crippen LogP contribution is 2.28. The van der Waals surface area contributed by atoms with Gasteiger partial charge in [0.15, 0.2) is 0 Å². The Labute approximate surface area is 192 Å². The maximum absolute atomic E-state index is 12.4. The fourth-order valence-corrected chi connectivity index (χ4v) is 3.06. The topological polar surface area (TPSA) is 113 Å². The van der Waals surface area contributed by atoms with Crippen molar-refractivity contribution < 1.29 is 23.8 Å². The van der Waals surface area contributed by atoms with Crippen LogP contribution in [-0.4, -0.2) is 45.3 Å². The summed E-state index contributed by atoms with van der Waals surface area (Å²) in [5.74, 6) is 0.354. The zero-order valence-electron chi connectivity index (χ0n) is 19.4. The van der Waals surface area contributed by atoms with Gasteiger partial charge in [-0.2, -0.15) is 0 Å². The summed E-state index contributed by atoms with van der Waals surface area (Å²) in [5.41, 5.74) is 0.698. The van der Waals surface area contributed by atoms with Crippen molar-refractivity contribution in [2.24, 2.45) is 0 Å². The van der Waals surface area contributed by atoms with Crippen LogP contribution in [0.15, 0.2) is 42.9 Å². The molecular formula is C24H28N4O5. The van der Waals surface area contributed by atoms with Crippen LogP contribution in [-0.2, 0) is 20.7 Å². The summed E-state index contributed by atoms with van der Waals surface area (Å²) in [6, 6.07) is 6.36. The lowest BCUT2D eigenvalue weighted by Gasteiger charge is -2.22. The summed E-state index contributed by atoms with van der Waals surface area (Å²) >= 11 is 0. The molecule has 0 saturated heterocycles. The molecule has 33 heavy (non-hydrogen) atoms. The molecule has 1 amide bonds. The molecule has 0 fully saturated rings. The number of aryl methyl sites for hydroxylation is 1. The van der Waals surface area contributed by atoms with Crippen LogP contribution in [0.4, 0.5) is 4.79 Å². The fraction of sp³-hybridized carbons (Fsp3) is 0.375. The number of aromatic nitrogens is 3. The summed E-state index contributed by atoms with van der Waals surface area (Å²) in [4.78, 5) is 37.5. The first kappa shape index (κ1) is 23.9. The van der Waals surface area contributed by atoms with Gasteiger partial charge in [0, 0.05) is 30.2 Å². The molecule has 3 aromatic heterocycles. The SMILES string of the molecule is CCOC(=O)C(Cc1ccc(Oc2nc(C)cc3ccncc23)cn1)NC(=O)OC(C)(C)C. The molecular weight excluding hydrogens is 424 g/mol. The number of hydrogen-bond acceptors (Lipinski definition) is 8. The van der Waals surface area contributed by atoms with Crippen LogP contribution < -0.4 is 10.1 Å². The number of ether oxygens (including phenoxy) is 3. The quantitative estimate of drug-likeness (QED) is 0.533. The van der Waals surface area contributed by atoms with Gasteiger partial charge < -0.3 is 19.5 Å². The van der Waals surface area contributed by atoms with Crippen LogP contribution in [0.5, 0.6) is 11.6 Å². The maximum Gasteiger partial charge on any atom is 0.408 e. The molecule has 0 aromatic carbocycles. The Bertz CT molecular complexity index is 1130. The number of nitrogens with one attached hydrogen (secondary N) is 1. The Kier molecular flexibility index (Phi) is 7.42. The third kappa shape index (κ3) is 6.86. The second-order valence-corrected chi connectivity index (χ2v) is 8.41. The molecule has 1 atom stereocenters. The van der Waals surface area contributed by atoms with E-state index < -0.39 is 23.7 Å². The van der Waals surface area contributed by atoms with Gasteiger partial charge in [-0.05, 0) is 64.3 Å². The number of esters is 1. The van der Waals surface area contributed by atoms with E-state index in [9.17, 15) is 9.59 Å². The Morgan fingerprint density at radius 1 is 1.15 bits per heavy atom. The first-order valence-corrected chi connectivity index (χ1v) is 10.6. The zero-order chi connectivity index (χ0) is 24.0. The van der Waals surface area contributed by atoms with Gasteiger partial charge in [-0.3, -0.25) is 9.97 Å². The van der Waals surface area contributed by atoms with E-state index in [1.807, 2.05) is 19.1 Å². The summed E-state index contributed by atoms with van der Waals surface area (Å²) < 4.78 is 16.3. The highest BCUT2D eigenvalue weighted by molar-refractivity contribution is 5.86. The van der Waals surface area contributed by atoms with Crippen LogP contribution in [0, 0.1) is 6.92 Å². The van der Waals surface area contributed by atoms with Gasteiger partial charge in [0.25, 0.3) is 0 Å². The zero-order valence-corrected chi connectivity index (χ0v) is 19.4. The Morgan fingerprint density at radius 3 is 2.61 bits per heavy atom. The standard InChI is InChI=1S/C24H28N4O5/c1-6-31-22(29)20(28-23(30)33-24(3,4)5)12-17-7-8-18(13-26-17)32-21-19-14-25-10-9-16(19)11-15(2)27-21/h7-11,13-14,20H,6,12H2,1-5H3,(H,28,30). The minimum Gasteiger partial charge on any atom is -0.464 e. The third-order valence-electron chi connectivity index (χ3n) is 4.41. The van der Waals surface area contributed by atoms with Crippen LogP contribution in [0.2, 0.25) is 0 Å². The number of carbonyl (C=O) groups is 2. The molecule has 1 unspecified atom stereocenters. The molecule has 0 bridgehead atoms. The summed E-state index contributed by atoms with van der Waals surface area (Å²) in [7, 11) is 0. The minimum absolute atomic E-state index is 0.133. The smallest absolute Gasteiger partial charge is 0.408 e. The van der Waals surface area contributed by atoms with Crippen molar-refractivity contribution in [3.8, 4) is 11.6 Å². The predicted octanol–water partition coefficient (Wildman–Crippen LogP) is 4.12. The molecule has 0 aliphatic carbocycles. The number of nitrogens with zero attached hydrogens (tertiary/aromatic N) is 3. The van der Waals surface area contributed by atoms with Crippen LogP contribution in [0.3, 0.4) is 0 Å². The van der Waals surface area contributed by atoms with Gasteiger partial charge in [-0.25, -0.2) is 14.6 Å². The lowest BCUT2D eigenvalue weighted by atomic mass is 10.1. The number of rotatable bonds is 7. The molecule has 3 rings (SSSR count). The molecule has 174 valence electrons. The molecule has 0 saturated carbocycles. The third-order valence-corrected chi connectivity index (χ3v) is 4.41. The van der Waals surface area contributed by atoms with Gasteiger partial charge in [-0.1, -0.05) is 0 Å². The van der Waals surface area contributed by atoms with E-state index in [1.54, 1.807) is 52.2 Å². The van der Waals surface area contributed by atoms with Crippen molar-refractivity contribution >= 4 is 22.8 Å². The minimum atomic E-state index is -0.937. The van der Waals surface area contributed by atoms with Crippen molar-refractivity contribution in [1.82, 2.24) is 20.3 Å². The van der Waals surface area contributed by atoms with E-state index >= 15 is 0 Å². The highest BCUT2D eigenvalue weighted by Gasteiger charge is 2.26. The summed E-state index contributed by atoms with van der Waals surface area (Å²) in [6.07, 6.45) is 4.38. The molecule has 0 spiro atoms. The van der Waals surface area contributed by atoms with Crippen LogP contribution >= 0.6 is 0 Å². The van der Waals surface area contributed by atoms with Crippen molar-refractivity contribution in [1.29, 1.82) is 0 Å². The Balaban J connectivity index is 1.73. The van der Waals surface area contributed by atoms with E-state index in [2.05, 4.69) is 20.3 Å². The molecule has 0 aliphatic rings. The number of carbonyl (C=O) groups excluding carboxylic acids is 2. The van der Waals surface area contributed by atoms with E-state index in [0.717, 1.165) is 16.5 Å². The second kappa shape index (κ2) is 10.2. The molecule has 9 nitrogen and oxygen atoms in total. The number of amides is 1. The second-order valence-electron chi connectivity index (χ2n) is 8.41. The molecule has 9 heteroatoms. The Hall–Kier alpha value is -3.75. The largest absolute Gasteiger partial charge is 0.464 e. The molecule has 1 N–H and O–H groups in total. The number of fused-ring (bicyclic) bond motifs is 1. The van der Waals surface area contributed by atoms with Gasteiger partial charge in [0.05, 0.1) is 18.2 Å². The van der Waals surface area contributed by atoms with Crippen molar-refractivity contribution in [3.05, 3.63) is 54.2 Å². The molecule has 0 aliphatic heterocycles. The highest BCUT2D eigenvalue weighted by atomic mass is 16.6. The van der Waals surface area contributed by atoms with E-state index in [4.69, 9.17) is 14.2 Å². The van der Waals surface area contributed by atoms with Gasteiger partial charge >= 0.3 is 12.1 Å². The summed E-state index contributed by atoms with van der Waals surface area (Å²) in [6.45, 7) is 9.02. The number of alkyl carbamates (subject to hydrolysis) is 1. The predicted molar refractivity (Wildman–Crippen MR) is 122 cm³/mol. The first-order valence-electron chi connectivity index (χ1n) is 10.6. The van der Waals surface area contributed by atoms with Gasteiger partial charge in [0.1, 0.15) is 17.4 Å². The first-order chi connectivity index (χ1) is 15.6. The van der Waals surface area contributed by atoms with E-state index in [1.165, 1.54) is 6.20 Å². The van der Waals surface area contributed by atoms with Crippen LogP contribution in [0.25, 0.3) is 10.8 Å². The number of pyridine rings is 3. The van der Waals surface area contributed by atoms with E-state index in [0.29, 0.717) is 17.3 Å². The molecule has 3 aromatic rings. The van der Waals surface area contributed by atoms with Crippen LogP contribution in [0.1, 0.15) is 39.1 Å². The Morgan fingerprint density at radius 2 is 1.94 bits per heavy atom. The average Bonchev–Trinajstić information content (AvgIpc) is 2.73. The lowest BCUT2D eigenvalue weighted by molar-refractivity contribution is -0.145. The normalized spacial score (nSPS) is 12.2.